The van der Waals surface area contributed by atoms with Crippen LogP contribution in [0.25, 0.3) is 0 Å². The lowest BCUT2D eigenvalue weighted by molar-refractivity contribution is -0.145. The van der Waals surface area contributed by atoms with Crippen molar-refractivity contribution >= 4 is 23.4 Å². The van der Waals surface area contributed by atoms with Gasteiger partial charge in [-0.1, -0.05) is 23.7 Å². The molecule has 90 valence electrons. The van der Waals surface area contributed by atoms with Gasteiger partial charge in [0.15, 0.2) is 0 Å². The van der Waals surface area contributed by atoms with Gasteiger partial charge >= 0.3 is 0 Å². The first-order valence-corrected chi connectivity index (χ1v) is 5.77. The summed E-state index contributed by atoms with van der Waals surface area (Å²) in [6, 6.07) is 6.86. The molecule has 2 amide bonds. The molecule has 2 rings (SSSR count). The zero-order valence-corrected chi connectivity index (χ0v) is 10.2. The molecule has 17 heavy (non-hydrogen) atoms. The van der Waals surface area contributed by atoms with E-state index in [-0.39, 0.29) is 18.4 Å². The Balaban J connectivity index is 2.16. The van der Waals surface area contributed by atoms with E-state index in [1.165, 1.54) is 0 Å². The molecule has 1 atom stereocenters. The highest BCUT2D eigenvalue weighted by molar-refractivity contribution is 6.30. The standard InChI is InChI=1S/C12H13ClN2O2/c1-8-12(17)14-6-11(16)15(8)7-9-3-2-4-10(13)5-9/h2-5,8H,6-7H2,1H3,(H,14,17). The van der Waals surface area contributed by atoms with Crippen LogP contribution in [-0.4, -0.2) is 29.3 Å². The van der Waals surface area contributed by atoms with Gasteiger partial charge in [0.1, 0.15) is 6.04 Å². The fraction of sp³-hybridized carbons (Fsp3) is 0.333. The lowest BCUT2D eigenvalue weighted by atomic mass is 10.1. The predicted octanol–water partition coefficient (Wildman–Crippen LogP) is 1.19. The minimum atomic E-state index is -0.435. The molecule has 0 bridgehead atoms. The van der Waals surface area contributed by atoms with Crippen molar-refractivity contribution in [1.29, 1.82) is 0 Å². The van der Waals surface area contributed by atoms with E-state index < -0.39 is 6.04 Å². The number of benzene rings is 1. The largest absolute Gasteiger partial charge is 0.345 e. The Hall–Kier alpha value is -1.55. The molecule has 1 fully saturated rings. The summed E-state index contributed by atoms with van der Waals surface area (Å²) in [5.41, 5.74) is 0.924. The van der Waals surface area contributed by atoms with Crippen molar-refractivity contribution in [3.63, 3.8) is 0 Å². The average Bonchev–Trinajstić information content (AvgIpc) is 2.30. The van der Waals surface area contributed by atoms with Gasteiger partial charge in [0.05, 0.1) is 6.54 Å². The zero-order valence-electron chi connectivity index (χ0n) is 9.44. The van der Waals surface area contributed by atoms with Gasteiger partial charge in [-0.15, -0.1) is 0 Å². The van der Waals surface area contributed by atoms with E-state index in [0.29, 0.717) is 11.6 Å². The van der Waals surface area contributed by atoms with Crippen LogP contribution in [0.1, 0.15) is 12.5 Å². The second kappa shape index (κ2) is 4.75. The van der Waals surface area contributed by atoms with Crippen molar-refractivity contribution in [1.82, 2.24) is 10.2 Å². The fourth-order valence-corrected chi connectivity index (χ4v) is 2.04. The second-order valence-electron chi connectivity index (χ2n) is 4.05. The molecular weight excluding hydrogens is 240 g/mol. The number of nitrogens with one attached hydrogen (secondary N) is 1. The molecule has 1 heterocycles. The van der Waals surface area contributed by atoms with Crippen LogP contribution in [0, 0.1) is 0 Å². The molecule has 1 aromatic carbocycles. The lowest BCUT2D eigenvalue weighted by Crippen LogP contribution is -2.56. The number of nitrogens with zero attached hydrogens (tertiary/aromatic N) is 1. The van der Waals surface area contributed by atoms with Crippen LogP contribution in [0.4, 0.5) is 0 Å². The molecule has 0 saturated carbocycles. The summed E-state index contributed by atoms with van der Waals surface area (Å²) in [6.07, 6.45) is 0. The summed E-state index contributed by atoms with van der Waals surface area (Å²) in [4.78, 5) is 24.8. The van der Waals surface area contributed by atoms with Crippen molar-refractivity contribution in [2.24, 2.45) is 0 Å². The number of halogens is 1. The molecule has 1 aliphatic rings. The van der Waals surface area contributed by atoms with Gasteiger partial charge < -0.3 is 10.2 Å². The van der Waals surface area contributed by atoms with Gasteiger partial charge in [-0.2, -0.15) is 0 Å². The Labute approximate surface area is 105 Å². The second-order valence-corrected chi connectivity index (χ2v) is 4.48. The number of piperazine rings is 1. The summed E-state index contributed by atoms with van der Waals surface area (Å²) in [5, 5.41) is 3.18. The summed E-state index contributed by atoms with van der Waals surface area (Å²) in [6.45, 7) is 2.20. The summed E-state index contributed by atoms with van der Waals surface area (Å²) in [7, 11) is 0. The maximum absolute atomic E-state index is 11.7. The highest BCUT2D eigenvalue weighted by atomic mass is 35.5. The van der Waals surface area contributed by atoms with E-state index >= 15 is 0 Å². The summed E-state index contributed by atoms with van der Waals surface area (Å²) in [5.74, 6) is -0.191. The number of carbonyl (C=O) groups excluding carboxylic acids is 2. The first-order chi connectivity index (χ1) is 8.08. The number of rotatable bonds is 2. The van der Waals surface area contributed by atoms with E-state index in [1.807, 2.05) is 12.1 Å². The molecule has 1 unspecified atom stereocenters. The van der Waals surface area contributed by atoms with Crippen molar-refractivity contribution in [2.45, 2.75) is 19.5 Å². The van der Waals surface area contributed by atoms with E-state index in [4.69, 9.17) is 11.6 Å². The SMILES string of the molecule is CC1C(=O)NCC(=O)N1Cc1cccc(Cl)c1. The molecule has 0 aliphatic carbocycles. The fourth-order valence-electron chi connectivity index (χ4n) is 1.83. The van der Waals surface area contributed by atoms with Gasteiger partial charge in [0.25, 0.3) is 0 Å². The van der Waals surface area contributed by atoms with Crippen LogP contribution < -0.4 is 5.32 Å². The number of carbonyl (C=O) groups is 2. The lowest BCUT2D eigenvalue weighted by Gasteiger charge is -2.32. The third kappa shape index (κ3) is 2.58. The molecular formula is C12H13ClN2O2. The predicted molar refractivity (Wildman–Crippen MR) is 64.5 cm³/mol. The van der Waals surface area contributed by atoms with Crippen LogP contribution in [-0.2, 0) is 16.1 Å². The van der Waals surface area contributed by atoms with Gasteiger partial charge in [0.2, 0.25) is 11.8 Å². The van der Waals surface area contributed by atoms with Crippen LogP contribution in [0.5, 0.6) is 0 Å². The van der Waals surface area contributed by atoms with Crippen LogP contribution in [0.3, 0.4) is 0 Å². The maximum Gasteiger partial charge on any atom is 0.242 e. The third-order valence-corrected chi connectivity index (χ3v) is 3.06. The molecule has 0 aromatic heterocycles. The monoisotopic (exact) mass is 252 g/mol. The Morgan fingerprint density at radius 2 is 2.24 bits per heavy atom. The number of hydrogen-bond acceptors (Lipinski definition) is 2. The maximum atomic E-state index is 11.7. The van der Waals surface area contributed by atoms with Gasteiger partial charge in [-0.05, 0) is 24.6 Å². The van der Waals surface area contributed by atoms with Crippen LogP contribution >= 0.6 is 11.6 Å². The molecule has 0 radical (unpaired) electrons. The van der Waals surface area contributed by atoms with E-state index in [1.54, 1.807) is 24.0 Å². The average molecular weight is 253 g/mol. The van der Waals surface area contributed by atoms with Gasteiger partial charge in [-0.3, -0.25) is 9.59 Å². The molecule has 1 aliphatic heterocycles. The quantitative estimate of drug-likeness (QED) is 0.860. The van der Waals surface area contributed by atoms with Gasteiger partial charge in [0, 0.05) is 11.6 Å². The van der Waals surface area contributed by atoms with Crippen molar-refractivity contribution in [3.05, 3.63) is 34.9 Å². The number of hydrogen-bond donors (Lipinski definition) is 1. The highest BCUT2D eigenvalue weighted by Crippen LogP contribution is 2.15. The molecule has 0 spiro atoms. The van der Waals surface area contributed by atoms with Crippen molar-refractivity contribution in [3.8, 4) is 0 Å². The molecule has 1 N–H and O–H groups in total. The number of amides is 2. The molecule has 1 aromatic rings. The normalized spacial score (nSPS) is 20.4. The van der Waals surface area contributed by atoms with Gasteiger partial charge in [-0.25, -0.2) is 0 Å². The Morgan fingerprint density at radius 3 is 2.94 bits per heavy atom. The highest BCUT2D eigenvalue weighted by Gasteiger charge is 2.30. The Kier molecular flexibility index (Phi) is 3.33. The van der Waals surface area contributed by atoms with Crippen molar-refractivity contribution in [2.75, 3.05) is 6.54 Å². The van der Waals surface area contributed by atoms with Crippen molar-refractivity contribution < 1.29 is 9.59 Å². The minimum absolute atomic E-state index is 0.0722. The van der Waals surface area contributed by atoms with Crippen LogP contribution in [0.15, 0.2) is 24.3 Å². The summed E-state index contributed by atoms with van der Waals surface area (Å²) >= 11 is 5.88. The zero-order chi connectivity index (χ0) is 12.4. The van der Waals surface area contributed by atoms with E-state index in [0.717, 1.165) is 5.56 Å². The third-order valence-electron chi connectivity index (χ3n) is 2.82. The Morgan fingerprint density at radius 1 is 1.47 bits per heavy atom. The smallest absolute Gasteiger partial charge is 0.242 e. The molecule has 1 saturated heterocycles. The molecule has 4 nitrogen and oxygen atoms in total. The topological polar surface area (TPSA) is 49.4 Å². The summed E-state index contributed by atoms with van der Waals surface area (Å²) < 4.78 is 0. The first kappa shape index (κ1) is 11.9. The molecule has 5 heteroatoms. The van der Waals surface area contributed by atoms with E-state index in [2.05, 4.69) is 5.32 Å². The Bertz CT molecular complexity index is 462. The minimum Gasteiger partial charge on any atom is -0.345 e. The van der Waals surface area contributed by atoms with Crippen LogP contribution in [0.2, 0.25) is 5.02 Å². The van der Waals surface area contributed by atoms with E-state index in [9.17, 15) is 9.59 Å². The first-order valence-electron chi connectivity index (χ1n) is 5.39.